The van der Waals surface area contributed by atoms with Crippen LogP contribution in [0.25, 0.3) is 0 Å². The molecule has 0 unspecified atom stereocenters. The molecule has 0 aliphatic heterocycles. The predicted molar refractivity (Wildman–Crippen MR) is 57.4 cm³/mol. The molecule has 1 aromatic carbocycles. The Labute approximate surface area is 80.3 Å². The van der Waals surface area contributed by atoms with Gasteiger partial charge in [-0.05, 0) is 31.1 Å². The second kappa shape index (κ2) is 5.22. The molecule has 0 nitrogen and oxygen atoms in total. The summed E-state index contributed by atoms with van der Waals surface area (Å²) in [5.74, 6) is 6.27. The molecule has 0 aromatic heterocycles. The third-order valence-electron chi connectivity index (χ3n) is 1.87. The SMILES string of the molecule is C/C=C(/C#Cc1ccccc1)CC. The summed E-state index contributed by atoms with van der Waals surface area (Å²) < 4.78 is 0. The third kappa shape index (κ3) is 3.17. The summed E-state index contributed by atoms with van der Waals surface area (Å²) in [6, 6.07) is 10.1. The number of hydrogen-bond acceptors (Lipinski definition) is 0. The summed E-state index contributed by atoms with van der Waals surface area (Å²) in [5.41, 5.74) is 2.28. The molecule has 0 saturated heterocycles. The zero-order chi connectivity index (χ0) is 9.52. The van der Waals surface area contributed by atoms with Gasteiger partial charge in [0.15, 0.2) is 0 Å². The first kappa shape index (κ1) is 9.61. The Bertz CT molecular complexity index is 333. The van der Waals surface area contributed by atoms with Gasteiger partial charge in [0.25, 0.3) is 0 Å². The van der Waals surface area contributed by atoms with Crippen LogP contribution >= 0.6 is 0 Å². The van der Waals surface area contributed by atoms with E-state index in [4.69, 9.17) is 0 Å². The lowest BCUT2D eigenvalue weighted by Gasteiger charge is -1.90. The monoisotopic (exact) mass is 170 g/mol. The van der Waals surface area contributed by atoms with Crippen LogP contribution in [0.15, 0.2) is 42.0 Å². The fourth-order valence-electron chi connectivity index (χ4n) is 1.04. The van der Waals surface area contributed by atoms with Crippen molar-refractivity contribution in [3.63, 3.8) is 0 Å². The molecule has 0 N–H and O–H groups in total. The van der Waals surface area contributed by atoms with E-state index in [0.717, 1.165) is 12.0 Å². The van der Waals surface area contributed by atoms with Gasteiger partial charge in [-0.25, -0.2) is 0 Å². The highest BCUT2D eigenvalue weighted by molar-refractivity contribution is 5.40. The lowest BCUT2D eigenvalue weighted by Crippen LogP contribution is -1.75. The Balaban J connectivity index is 2.79. The van der Waals surface area contributed by atoms with E-state index in [1.54, 1.807) is 0 Å². The minimum absolute atomic E-state index is 1.01. The molecule has 0 spiro atoms. The van der Waals surface area contributed by atoms with Crippen LogP contribution in [-0.2, 0) is 0 Å². The largest absolute Gasteiger partial charge is 0.0761 e. The molecule has 1 rings (SSSR count). The highest BCUT2D eigenvalue weighted by Crippen LogP contribution is 1.99. The van der Waals surface area contributed by atoms with Gasteiger partial charge in [0.2, 0.25) is 0 Å². The fourth-order valence-corrected chi connectivity index (χ4v) is 1.04. The predicted octanol–water partition coefficient (Wildman–Crippen LogP) is 3.39. The first-order chi connectivity index (χ1) is 6.36. The van der Waals surface area contributed by atoms with Crippen LogP contribution in [0.3, 0.4) is 0 Å². The van der Waals surface area contributed by atoms with Crippen LogP contribution in [0.2, 0.25) is 0 Å². The van der Waals surface area contributed by atoms with Gasteiger partial charge in [0.05, 0.1) is 0 Å². The quantitative estimate of drug-likeness (QED) is 0.567. The number of benzene rings is 1. The van der Waals surface area contributed by atoms with E-state index in [0.29, 0.717) is 0 Å². The molecule has 66 valence electrons. The van der Waals surface area contributed by atoms with E-state index < -0.39 is 0 Å². The Hall–Kier alpha value is -1.48. The summed E-state index contributed by atoms with van der Waals surface area (Å²) >= 11 is 0. The summed E-state index contributed by atoms with van der Waals surface area (Å²) in [7, 11) is 0. The standard InChI is InChI=1S/C13H14/c1-3-12(4-2)10-11-13-8-6-5-7-9-13/h3,5-9H,4H2,1-2H3/b12-3+. The summed E-state index contributed by atoms with van der Waals surface area (Å²) in [6.07, 6.45) is 3.08. The summed E-state index contributed by atoms with van der Waals surface area (Å²) in [5, 5.41) is 0. The molecule has 0 heteroatoms. The average molecular weight is 170 g/mol. The maximum Gasteiger partial charge on any atom is 0.0248 e. The van der Waals surface area contributed by atoms with Crippen molar-refractivity contribution in [2.45, 2.75) is 20.3 Å². The van der Waals surface area contributed by atoms with Gasteiger partial charge in [-0.1, -0.05) is 43.0 Å². The molecule has 0 saturated carbocycles. The lowest BCUT2D eigenvalue weighted by molar-refractivity contribution is 1.16. The normalized spacial score (nSPS) is 10.5. The van der Waals surface area contributed by atoms with Crippen molar-refractivity contribution in [1.29, 1.82) is 0 Å². The molecule has 0 aliphatic carbocycles. The van der Waals surface area contributed by atoms with Gasteiger partial charge in [0, 0.05) is 5.56 Å². The van der Waals surface area contributed by atoms with Gasteiger partial charge in [-0.2, -0.15) is 0 Å². The van der Waals surface area contributed by atoms with Crippen LogP contribution in [0.4, 0.5) is 0 Å². The third-order valence-corrected chi connectivity index (χ3v) is 1.87. The molecule has 0 fully saturated rings. The first-order valence-electron chi connectivity index (χ1n) is 4.59. The highest BCUT2D eigenvalue weighted by atomic mass is 13.9. The minimum atomic E-state index is 1.01. The molecule has 0 atom stereocenters. The van der Waals surface area contributed by atoms with Crippen LogP contribution in [0.5, 0.6) is 0 Å². The van der Waals surface area contributed by atoms with Gasteiger partial charge in [-0.15, -0.1) is 0 Å². The van der Waals surface area contributed by atoms with Gasteiger partial charge >= 0.3 is 0 Å². The summed E-state index contributed by atoms with van der Waals surface area (Å²) in [6.45, 7) is 4.15. The molecule has 0 amide bonds. The second-order valence-electron chi connectivity index (χ2n) is 2.78. The zero-order valence-electron chi connectivity index (χ0n) is 8.17. The Kier molecular flexibility index (Phi) is 3.85. The summed E-state index contributed by atoms with van der Waals surface area (Å²) in [4.78, 5) is 0. The minimum Gasteiger partial charge on any atom is -0.0761 e. The Morgan fingerprint density at radius 1 is 1.31 bits per heavy atom. The molecule has 0 radical (unpaired) electrons. The van der Waals surface area contributed by atoms with Crippen LogP contribution in [-0.4, -0.2) is 0 Å². The van der Waals surface area contributed by atoms with Crippen molar-refractivity contribution in [2.24, 2.45) is 0 Å². The van der Waals surface area contributed by atoms with E-state index in [1.165, 1.54) is 5.57 Å². The maximum absolute atomic E-state index is 3.15. The number of rotatable bonds is 1. The van der Waals surface area contributed by atoms with Crippen molar-refractivity contribution in [3.8, 4) is 11.8 Å². The van der Waals surface area contributed by atoms with Gasteiger partial charge < -0.3 is 0 Å². The number of allylic oxidation sites excluding steroid dienone is 2. The van der Waals surface area contributed by atoms with Crippen molar-refractivity contribution in [3.05, 3.63) is 47.5 Å². The van der Waals surface area contributed by atoms with Gasteiger partial charge in [-0.3, -0.25) is 0 Å². The average Bonchev–Trinajstić information content (AvgIpc) is 2.21. The van der Waals surface area contributed by atoms with Crippen molar-refractivity contribution >= 4 is 0 Å². The van der Waals surface area contributed by atoms with Crippen molar-refractivity contribution in [1.82, 2.24) is 0 Å². The van der Waals surface area contributed by atoms with Crippen molar-refractivity contribution < 1.29 is 0 Å². The molecule has 13 heavy (non-hydrogen) atoms. The molecule has 0 bridgehead atoms. The lowest BCUT2D eigenvalue weighted by atomic mass is 10.1. The van der Waals surface area contributed by atoms with E-state index in [1.807, 2.05) is 37.3 Å². The number of hydrogen-bond donors (Lipinski definition) is 0. The van der Waals surface area contributed by atoms with Crippen LogP contribution in [0.1, 0.15) is 25.8 Å². The van der Waals surface area contributed by atoms with E-state index in [-0.39, 0.29) is 0 Å². The topological polar surface area (TPSA) is 0 Å². The van der Waals surface area contributed by atoms with Crippen LogP contribution in [0, 0.1) is 11.8 Å². The van der Waals surface area contributed by atoms with Gasteiger partial charge in [0.1, 0.15) is 0 Å². The van der Waals surface area contributed by atoms with Crippen molar-refractivity contribution in [2.75, 3.05) is 0 Å². The Morgan fingerprint density at radius 3 is 2.54 bits per heavy atom. The fraction of sp³-hybridized carbons (Fsp3) is 0.231. The molecular weight excluding hydrogens is 156 g/mol. The molecule has 1 aromatic rings. The molecule has 0 heterocycles. The van der Waals surface area contributed by atoms with E-state index in [9.17, 15) is 0 Å². The highest BCUT2D eigenvalue weighted by Gasteiger charge is 1.84. The van der Waals surface area contributed by atoms with Crippen LogP contribution < -0.4 is 0 Å². The van der Waals surface area contributed by atoms with E-state index >= 15 is 0 Å². The molecular formula is C13H14. The smallest absolute Gasteiger partial charge is 0.0248 e. The van der Waals surface area contributed by atoms with E-state index in [2.05, 4.69) is 24.8 Å². The maximum atomic E-state index is 3.15. The first-order valence-corrected chi connectivity index (χ1v) is 4.59. The second-order valence-corrected chi connectivity index (χ2v) is 2.78. The zero-order valence-corrected chi connectivity index (χ0v) is 8.17. The Morgan fingerprint density at radius 2 is 2.00 bits per heavy atom. The molecule has 0 aliphatic rings.